The average Bonchev–Trinajstić information content (AvgIpc) is 2.61. The maximum absolute atomic E-state index is 3.54. The molecule has 0 aliphatic rings. The van der Waals surface area contributed by atoms with Crippen LogP contribution < -0.4 is 0 Å². The molecule has 2 aromatic rings. The van der Waals surface area contributed by atoms with Gasteiger partial charge in [-0.15, -0.1) is 0 Å². The maximum Gasteiger partial charge on any atom is 0.0456 e. The van der Waals surface area contributed by atoms with Crippen LogP contribution in [0.15, 0.2) is 30.3 Å². The van der Waals surface area contributed by atoms with Gasteiger partial charge in [0.15, 0.2) is 0 Å². The smallest absolute Gasteiger partial charge is 0.0456 e. The summed E-state index contributed by atoms with van der Waals surface area (Å²) in [7, 11) is 0. The molecule has 0 saturated heterocycles. The summed E-state index contributed by atoms with van der Waals surface area (Å²) in [6.07, 6.45) is 0. The van der Waals surface area contributed by atoms with Crippen LogP contribution in [0.3, 0.4) is 0 Å². The number of H-pyrrole nitrogens is 1. The summed E-state index contributed by atoms with van der Waals surface area (Å²) >= 11 is 3.54. The van der Waals surface area contributed by atoms with E-state index in [2.05, 4.69) is 65.1 Å². The zero-order chi connectivity index (χ0) is 10.2. The van der Waals surface area contributed by atoms with Crippen molar-refractivity contribution in [1.29, 1.82) is 0 Å². The fraction of sp³-hybridized carbons (Fsp3) is 0.333. The van der Waals surface area contributed by atoms with Crippen molar-refractivity contribution in [3.8, 4) is 0 Å². The molecule has 1 N–H and O–H groups in total. The lowest BCUT2D eigenvalue weighted by Crippen LogP contribution is -2.18. The van der Waals surface area contributed by atoms with Crippen LogP contribution in [0.5, 0.6) is 0 Å². The van der Waals surface area contributed by atoms with E-state index < -0.39 is 0 Å². The van der Waals surface area contributed by atoms with Crippen LogP contribution in [0.25, 0.3) is 10.9 Å². The van der Waals surface area contributed by atoms with Gasteiger partial charge in [0.05, 0.1) is 0 Å². The van der Waals surface area contributed by atoms with Crippen LogP contribution in [0.4, 0.5) is 0 Å². The first-order chi connectivity index (χ1) is 6.63. The third kappa shape index (κ3) is 1.59. The molecule has 0 spiro atoms. The largest absolute Gasteiger partial charge is 0.358 e. The second-order valence-corrected chi connectivity index (χ2v) is 4.85. The Kier molecular flexibility index (Phi) is 2.40. The van der Waals surface area contributed by atoms with Gasteiger partial charge in [-0.1, -0.05) is 48.0 Å². The molecule has 0 saturated carbocycles. The molecule has 0 atom stereocenters. The lowest BCUT2D eigenvalue weighted by molar-refractivity contribution is 0.590. The van der Waals surface area contributed by atoms with Crippen molar-refractivity contribution in [3.05, 3.63) is 36.0 Å². The molecule has 2 rings (SSSR count). The highest BCUT2D eigenvalue weighted by Crippen LogP contribution is 2.27. The molecule has 0 radical (unpaired) electrons. The number of rotatable bonds is 2. The Morgan fingerprint density at radius 1 is 1.29 bits per heavy atom. The topological polar surface area (TPSA) is 15.8 Å². The van der Waals surface area contributed by atoms with Gasteiger partial charge in [-0.05, 0) is 17.5 Å². The van der Waals surface area contributed by atoms with E-state index in [4.69, 9.17) is 0 Å². The van der Waals surface area contributed by atoms with E-state index in [0.29, 0.717) is 0 Å². The van der Waals surface area contributed by atoms with E-state index in [-0.39, 0.29) is 5.41 Å². The lowest BCUT2D eigenvalue weighted by Gasteiger charge is -2.19. The number of benzene rings is 1. The highest BCUT2D eigenvalue weighted by molar-refractivity contribution is 9.09. The van der Waals surface area contributed by atoms with Crippen LogP contribution in [0.2, 0.25) is 0 Å². The van der Waals surface area contributed by atoms with Gasteiger partial charge in [0.1, 0.15) is 0 Å². The first-order valence-electron chi connectivity index (χ1n) is 4.78. The molecule has 0 fully saturated rings. The fourth-order valence-electron chi connectivity index (χ4n) is 1.51. The second-order valence-electron chi connectivity index (χ2n) is 4.29. The summed E-state index contributed by atoms with van der Waals surface area (Å²) in [5.74, 6) is 0. The number of hydrogen-bond acceptors (Lipinski definition) is 0. The molecule has 0 aliphatic carbocycles. The fourth-order valence-corrected chi connectivity index (χ4v) is 1.81. The lowest BCUT2D eigenvalue weighted by atomic mass is 9.92. The predicted octanol–water partition coefficient (Wildman–Crippen LogP) is 3.84. The van der Waals surface area contributed by atoms with E-state index >= 15 is 0 Å². The van der Waals surface area contributed by atoms with Gasteiger partial charge >= 0.3 is 0 Å². The Morgan fingerprint density at radius 3 is 2.64 bits per heavy atom. The van der Waals surface area contributed by atoms with Gasteiger partial charge in [0, 0.05) is 22.0 Å². The number of fused-ring (bicyclic) bond motifs is 1. The highest BCUT2D eigenvalue weighted by atomic mass is 79.9. The van der Waals surface area contributed by atoms with Gasteiger partial charge < -0.3 is 4.98 Å². The molecular weight excluding hydrogens is 238 g/mol. The Hall–Kier alpha value is -0.760. The molecule has 2 heteroatoms. The van der Waals surface area contributed by atoms with Gasteiger partial charge in [-0.2, -0.15) is 0 Å². The van der Waals surface area contributed by atoms with Crippen molar-refractivity contribution < 1.29 is 0 Å². The molecule has 1 nitrogen and oxygen atoms in total. The Balaban J connectivity index is 2.55. The van der Waals surface area contributed by atoms with Crippen LogP contribution in [-0.2, 0) is 5.41 Å². The van der Waals surface area contributed by atoms with E-state index in [1.165, 1.54) is 16.6 Å². The summed E-state index contributed by atoms with van der Waals surface area (Å²) in [6.45, 7) is 4.46. The number of para-hydroxylation sites is 1. The average molecular weight is 252 g/mol. The Bertz CT molecular complexity index is 409. The molecular formula is C12H14BrN. The number of halogens is 1. The molecule has 1 aromatic carbocycles. The molecule has 74 valence electrons. The number of alkyl halides is 1. The molecule has 0 aliphatic heterocycles. The molecule has 0 bridgehead atoms. The third-order valence-corrected chi connectivity index (χ3v) is 4.00. The second kappa shape index (κ2) is 3.43. The van der Waals surface area contributed by atoms with Crippen molar-refractivity contribution in [2.45, 2.75) is 19.3 Å². The number of aromatic amines is 1. The monoisotopic (exact) mass is 251 g/mol. The van der Waals surface area contributed by atoms with Crippen molar-refractivity contribution in [2.24, 2.45) is 0 Å². The Morgan fingerprint density at radius 2 is 2.00 bits per heavy atom. The van der Waals surface area contributed by atoms with Crippen LogP contribution in [0, 0.1) is 0 Å². The summed E-state index contributed by atoms with van der Waals surface area (Å²) in [5.41, 5.74) is 2.67. The summed E-state index contributed by atoms with van der Waals surface area (Å²) in [4.78, 5) is 3.46. The van der Waals surface area contributed by atoms with Gasteiger partial charge in [0.2, 0.25) is 0 Å². The van der Waals surface area contributed by atoms with Crippen molar-refractivity contribution in [1.82, 2.24) is 4.98 Å². The minimum Gasteiger partial charge on any atom is -0.358 e. The van der Waals surface area contributed by atoms with Crippen LogP contribution in [0.1, 0.15) is 19.5 Å². The van der Waals surface area contributed by atoms with Crippen molar-refractivity contribution in [3.63, 3.8) is 0 Å². The zero-order valence-corrected chi connectivity index (χ0v) is 10.1. The summed E-state index contributed by atoms with van der Waals surface area (Å²) in [6, 6.07) is 10.6. The minimum absolute atomic E-state index is 0.166. The number of aromatic nitrogens is 1. The van der Waals surface area contributed by atoms with Crippen LogP contribution >= 0.6 is 15.9 Å². The zero-order valence-electron chi connectivity index (χ0n) is 8.47. The first kappa shape index (κ1) is 9.78. The Labute approximate surface area is 92.6 Å². The molecule has 0 unspecified atom stereocenters. The van der Waals surface area contributed by atoms with E-state index in [1.807, 2.05) is 0 Å². The molecule has 14 heavy (non-hydrogen) atoms. The number of hydrogen-bond donors (Lipinski definition) is 1. The molecule has 1 heterocycles. The first-order valence-corrected chi connectivity index (χ1v) is 5.90. The standard InChI is InChI=1S/C12H14BrN/c1-12(2,8-13)11-7-9-5-3-4-6-10(9)14-11/h3-7,14H,8H2,1-2H3. The minimum atomic E-state index is 0.166. The van der Waals surface area contributed by atoms with E-state index in [9.17, 15) is 0 Å². The summed E-state index contributed by atoms with van der Waals surface area (Å²) in [5, 5.41) is 2.25. The third-order valence-electron chi connectivity index (χ3n) is 2.59. The number of nitrogens with one attached hydrogen (secondary N) is 1. The van der Waals surface area contributed by atoms with Gasteiger partial charge in [0.25, 0.3) is 0 Å². The van der Waals surface area contributed by atoms with Crippen molar-refractivity contribution >= 4 is 26.8 Å². The predicted molar refractivity (Wildman–Crippen MR) is 65.1 cm³/mol. The van der Waals surface area contributed by atoms with Gasteiger partial charge in [-0.3, -0.25) is 0 Å². The van der Waals surface area contributed by atoms with Crippen molar-refractivity contribution in [2.75, 3.05) is 5.33 Å². The van der Waals surface area contributed by atoms with Crippen LogP contribution in [-0.4, -0.2) is 10.3 Å². The SMILES string of the molecule is CC(C)(CBr)c1cc2ccccc2[nH]1. The van der Waals surface area contributed by atoms with Gasteiger partial charge in [-0.25, -0.2) is 0 Å². The maximum atomic E-state index is 3.54. The quantitative estimate of drug-likeness (QED) is 0.781. The normalized spacial score (nSPS) is 12.2. The molecule has 1 aromatic heterocycles. The summed E-state index contributed by atoms with van der Waals surface area (Å²) < 4.78 is 0. The van der Waals surface area contributed by atoms with E-state index in [1.54, 1.807) is 0 Å². The highest BCUT2D eigenvalue weighted by Gasteiger charge is 2.20. The van der Waals surface area contributed by atoms with E-state index in [0.717, 1.165) is 5.33 Å². The molecule has 0 amide bonds.